The molecule has 11 heteroatoms. The van der Waals surface area contributed by atoms with Crippen LogP contribution in [0, 0.1) is 25.1 Å². The number of amides is 2. The second-order valence-corrected chi connectivity index (χ2v) is 10.3. The van der Waals surface area contributed by atoms with Crippen molar-refractivity contribution in [3.63, 3.8) is 0 Å². The standard InChI is InChI=1S/C25H24ClFN6O2S/c1-14-10-16(15(2)32(14)17-6-7-20(27)19(26)12-17)11-18-23(28)33-25(29-24(18)35)36-21(30-33)13-22(34)31-8-4-3-5-9-31/h6-7,10-12,28H,3-5,8-9,13H2,1-2H3/b18-11+,28-23?. The molecule has 0 radical (unpaired) electrons. The molecular weight excluding hydrogens is 503 g/mol. The number of piperidine rings is 1. The Morgan fingerprint density at radius 2 is 1.97 bits per heavy atom. The summed E-state index contributed by atoms with van der Waals surface area (Å²) in [5.74, 6) is -1.12. The van der Waals surface area contributed by atoms with Gasteiger partial charge in [0.25, 0.3) is 5.91 Å². The van der Waals surface area contributed by atoms with Crippen LogP contribution in [0.25, 0.3) is 11.8 Å². The molecule has 2 amide bonds. The number of hydrogen-bond acceptors (Lipinski definition) is 5. The summed E-state index contributed by atoms with van der Waals surface area (Å²) in [5, 5.41) is 15.2. The number of nitrogens with one attached hydrogen (secondary N) is 1. The number of carbonyl (C=O) groups excluding carboxylic acids is 2. The molecule has 0 bridgehead atoms. The summed E-state index contributed by atoms with van der Waals surface area (Å²) in [6, 6.07) is 6.36. The second kappa shape index (κ2) is 9.67. The number of aryl methyl sites for hydroxylation is 1. The molecule has 1 fully saturated rings. The topological polar surface area (TPSA) is 94.1 Å². The second-order valence-electron chi connectivity index (χ2n) is 8.89. The van der Waals surface area contributed by atoms with Crippen molar-refractivity contribution in [3.05, 3.63) is 57.6 Å². The minimum absolute atomic E-state index is 0.00311. The smallest absolute Gasteiger partial charge is 0.283 e. The Labute approximate surface area is 217 Å². The van der Waals surface area contributed by atoms with Crippen molar-refractivity contribution in [2.24, 2.45) is 10.1 Å². The predicted molar refractivity (Wildman–Crippen MR) is 140 cm³/mol. The number of hydrazone groups is 1. The summed E-state index contributed by atoms with van der Waals surface area (Å²) in [5.41, 5.74) is 3.16. The Morgan fingerprint density at radius 3 is 2.69 bits per heavy atom. The van der Waals surface area contributed by atoms with Crippen LogP contribution in [0.3, 0.4) is 0 Å². The molecular formula is C25H24ClFN6O2S. The zero-order valence-corrected chi connectivity index (χ0v) is 21.4. The minimum atomic E-state index is -0.535. The highest BCUT2D eigenvalue weighted by Gasteiger charge is 2.36. The number of hydrogen-bond donors (Lipinski definition) is 1. The lowest BCUT2D eigenvalue weighted by Crippen LogP contribution is -2.36. The van der Waals surface area contributed by atoms with Gasteiger partial charge in [0.1, 0.15) is 10.9 Å². The number of benzene rings is 1. The third-order valence-electron chi connectivity index (χ3n) is 6.44. The molecule has 36 heavy (non-hydrogen) atoms. The molecule has 3 aliphatic rings. The first kappa shape index (κ1) is 24.5. The summed E-state index contributed by atoms with van der Waals surface area (Å²) in [7, 11) is 0. The number of fused-ring (bicyclic) bond motifs is 1. The molecule has 3 aliphatic heterocycles. The zero-order valence-electron chi connectivity index (χ0n) is 19.8. The van der Waals surface area contributed by atoms with Crippen molar-refractivity contribution in [2.45, 2.75) is 39.5 Å². The van der Waals surface area contributed by atoms with Gasteiger partial charge in [-0.25, -0.2) is 4.39 Å². The molecule has 2 aromatic rings. The van der Waals surface area contributed by atoms with E-state index >= 15 is 0 Å². The van der Waals surface area contributed by atoms with E-state index in [0.717, 1.165) is 61.1 Å². The van der Waals surface area contributed by atoms with E-state index in [1.54, 1.807) is 18.2 Å². The van der Waals surface area contributed by atoms with Gasteiger partial charge < -0.3 is 9.47 Å². The van der Waals surface area contributed by atoms with Crippen molar-refractivity contribution in [3.8, 4) is 5.69 Å². The van der Waals surface area contributed by atoms with Gasteiger partial charge in [0.15, 0.2) is 5.84 Å². The summed E-state index contributed by atoms with van der Waals surface area (Å²) in [6.45, 7) is 5.27. The fraction of sp³-hybridized carbons (Fsp3) is 0.320. The van der Waals surface area contributed by atoms with Crippen LogP contribution in [0.15, 0.2) is 39.9 Å². The van der Waals surface area contributed by atoms with Gasteiger partial charge in [-0.3, -0.25) is 15.0 Å². The Kier molecular flexibility index (Phi) is 6.57. The van der Waals surface area contributed by atoms with E-state index in [1.807, 2.05) is 29.4 Å². The predicted octanol–water partition coefficient (Wildman–Crippen LogP) is 4.91. The average molecular weight is 527 g/mol. The lowest BCUT2D eigenvalue weighted by atomic mass is 10.1. The number of aromatic nitrogens is 1. The van der Waals surface area contributed by atoms with Crippen LogP contribution < -0.4 is 0 Å². The molecule has 186 valence electrons. The first-order valence-corrected chi connectivity index (χ1v) is 12.8. The number of thioether (sulfide) groups is 1. The van der Waals surface area contributed by atoms with E-state index in [2.05, 4.69) is 10.1 Å². The highest BCUT2D eigenvalue weighted by Crippen LogP contribution is 2.31. The highest BCUT2D eigenvalue weighted by molar-refractivity contribution is 8.27. The molecule has 4 heterocycles. The van der Waals surface area contributed by atoms with E-state index in [9.17, 15) is 14.0 Å². The molecule has 1 saturated heterocycles. The van der Waals surface area contributed by atoms with Crippen molar-refractivity contribution >= 4 is 57.3 Å². The van der Waals surface area contributed by atoms with Crippen LogP contribution in [0.5, 0.6) is 0 Å². The van der Waals surface area contributed by atoms with Gasteiger partial charge in [0, 0.05) is 30.2 Å². The SMILES string of the molecule is Cc1cc(/C=C2\C(=N)N3N=C(CC(=O)N4CCCCC4)SC3=NC2=O)c(C)n1-c1ccc(F)c(Cl)c1. The number of amidine groups is 2. The van der Waals surface area contributed by atoms with E-state index < -0.39 is 11.7 Å². The van der Waals surface area contributed by atoms with Gasteiger partial charge in [0.2, 0.25) is 11.1 Å². The van der Waals surface area contributed by atoms with Gasteiger partial charge >= 0.3 is 0 Å². The number of likely N-dealkylation sites (tertiary alicyclic amines) is 1. The number of aliphatic imine (C=N–C) groups is 1. The maximum atomic E-state index is 13.7. The lowest BCUT2D eigenvalue weighted by Gasteiger charge is -2.26. The molecule has 1 aromatic carbocycles. The summed E-state index contributed by atoms with van der Waals surface area (Å²) in [4.78, 5) is 31.5. The summed E-state index contributed by atoms with van der Waals surface area (Å²) < 4.78 is 15.6. The number of halogens is 2. The third kappa shape index (κ3) is 4.51. The van der Waals surface area contributed by atoms with Crippen molar-refractivity contribution in [1.82, 2.24) is 14.5 Å². The number of nitrogens with zero attached hydrogens (tertiary/aromatic N) is 5. The molecule has 1 aromatic heterocycles. The molecule has 0 saturated carbocycles. The minimum Gasteiger partial charge on any atom is -0.342 e. The van der Waals surface area contributed by atoms with Crippen LogP contribution in [-0.4, -0.2) is 55.4 Å². The Balaban J connectivity index is 1.40. The molecule has 0 spiro atoms. The first-order chi connectivity index (χ1) is 17.2. The molecule has 0 aliphatic carbocycles. The zero-order chi connectivity index (χ0) is 25.6. The van der Waals surface area contributed by atoms with E-state index in [0.29, 0.717) is 10.7 Å². The fourth-order valence-electron chi connectivity index (χ4n) is 4.60. The van der Waals surface area contributed by atoms with Crippen LogP contribution in [-0.2, 0) is 9.59 Å². The van der Waals surface area contributed by atoms with Gasteiger partial charge in [-0.05, 0) is 80.8 Å². The molecule has 8 nitrogen and oxygen atoms in total. The lowest BCUT2D eigenvalue weighted by molar-refractivity contribution is -0.130. The highest BCUT2D eigenvalue weighted by atomic mass is 35.5. The van der Waals surface area contributed by atoms with E-state index in [4.69, 9.17) is 17.0 Å². The fourth-order valence-corrected chi connectivity index (χ4v) is 5.65. The molecule has 0 unspecified atom stereocenters. The number of rotatable bonds is 4. The third-order valence-corrected chi connectivity index (χ3v) is 7.64. The maximum Gasteiger partial charge on any atom is 0.283 e. The van der Waals surface area contributed by atoms with Crippen LogP contribution in [0.1, 0.15) is 42.6 Å². The number of carbonyl (C=O) groups is 2. The van der Waals surface area contributed by atoms with Gasteiger partial charge in [-0.1, -0.05) is 11.6 Å². The Bertz CT molecular complexity index is 1390. The van der Waals surface area contributed by atoms with Crippen LogP contribution in [0.2, 0.25) is 5.02 Å². The normalized spacial score (nSPS) is 19.1. The quantitative estimate of drug-likeness (QED) is 0.573. The monoisotopic (exact) mass is 526 g/mol. The van der Waals surface area contributed by atoms with Crippen LogP contribution in [0.4, 0.5) is 4.39 Å². The average Bonchev–Trinajstić information content (AvgIpc) is 3.38. The molecule has 5 rings (SSSR count). The maximum absolute atomic E-state index is 13.7. The van der Waals surface area contributed by atoms with Crippen molar-refractivity contribution in [2.75, 3.05) is 13.1 Å². The van der Waals surface area contributed by atoms with Crippen molar-refractivity contribution in [1.29, 1.82) is 5.41 Å². The summed E-state index contributed by atoms with van der Waals surface area (Å²) in [6.07, 6.45) is 4.89. The van der Waals surface area contributed by atoms with E-state index in [-0.39, 0.29) is 33.9 Å². The van der Waals surface area contributed by atoms with Gasteiger partial charge in [-0.15, -0.1) is 0 Å². The largest absolute Gasteiger partial charge is 0.342 e. The van der Waals surface area contributed by atoms with Crippen molar-refractivity contribution < 1.29 is 14.0 Å². The Hall–Kier alpha value is -3.24. The molecule has 1 N–H and O–H groups in total. The summed E-state index contributed by atoms with van der Waals surface area (Å²) >= 11 is 7.13. The van der Waals surface area contributed by atoms with E-state index in [1.165, 1.54) is 11.1 Å². The first-order valence-electron chi connectivity index (χ1n) is 11.6. The Morgan fingerprint density at radius 1 is 1.22 bits per heavy atom. The molecule has 0 atom stereocenters. The van der Waals surface area contributed by atoms with Crippen LogP contribution >= 0.6 is 23.4 Å². The van der Waals surface area contributed by atoms with Gasteiger partial charge in [-0.2, -0.15) is 15.1 Å². The van der Waals surface area contributed by atoms with Gasteiger partial charge in [0.05, 0.1) is 17.0 Å².